The molecule has 2 heterocycles. The molecule has 0 aliphatic heterocycles. The fourth-order valence-corrected chi connectivity index (χ4v) is 4.02. The molecule has 142 valence electrons. The minimum atomic E-state index is 0.606. The molecule has 0 radical (unpaired) electrons. The molecule has 0 amide bonds. The summed E-state index contributed by atoms with van der Waals surface area (Å²) in [5.41, 5.74) is 5.61. The van der Waals surface area contributed by atoms with Crippen LogP contribution in [0, 0.1) is 13.8 Å². The quantitative estimate of drug-likeness (QED) is 0.455. The summed E-state index contributed by atoms with van der Waals surface area (Å²) < 4.78 is 2.00. The van der Waals surface area contributed by atoms with Crippen LogP contribution in [0.4, 0.5) is 0 Å². The zero-order chi connectivity index (χ0) is 19.5. The van der Waals surface area contributed by atoms with Crippen LogP contribution in [0.15, 0.2) is 59.8 Å². The lowest BCUT2D eigenvalue weighted by molar-refractivity contribution is 0.552. The van der Waals surface area contributed by atoms with E-state index in [1.54, 1.807) is 16.6 Å². The lowest BCUT2D eigenvalue weighted by Crippen LogP contribution is -2.02. The standard InChI is InChI=1S/C21H22N6S/c1-4-26-24-20(23-25-26)18-13-22-27(19-12-15(2)10-11-16(19)3)21(18)28-14-17-8-6-5-7-9-17/h5-13H,4,14H2,1-3H3. The topological polar surface area (TPSA) is 61.4 Å². The first-order valence-corrected chi connectivity index (χ1v) is 10.2. The van der Waals surface area contributed by atoms with E-state index in [4.69, 9.17) is 5.10 Å². The van der Waals surface area contributed by atoms with Crippen LogP contribution in [-0.4, -0.2) is 30.0 Å². The first-order valence-electron chi connectivity index (χ1n) is 9.26. The predicted molar refractivity (Wildman–Crippen MR) is 112 cm³/mol. The molecular weight excluding hydrogens is 368 g/mol. The van der Waals surface area contributed by atoms with E-state index in [0.29, 0.717) is 12.4 Å². The van der Waals surface area contributed by atoms with Crippen molar-refractivity contribution in [3.8, 4) is 17.1 Å². The summed E-state index contributed by atoms with van der Waals surface area (Å²) in [6.07, 6.45) is 1.84. The highest BCUT2D eigenvalue weighted by Crippen LogP contribution is 2.34. The van der Waals surface area contributed by atoms with Crippen molar-refractivity contribution in [3.05, 3.63) is 71.4 Å². The second-order valence-corrected chi connectivity index (χ2v) is 7.61. The van der Waals surface area contributed by atoms with Gasteiger partial charge in [-0.1, -0.05) is 42.5 Å². The van der Waals surface area contributed by atoms with Crippen LogP contribution in [0.3, 0.4) is 0 Å². The lowest BCUT2D eigenvalue weighted by atomic mass is 10.1. The van der Waals surface area contributed by atoms with Crippen molar-refractivity contribution < 1.29 is 0 Å². The molecule has 2 aromatic carbocycles. The van der Waals surface area contributed by atoms with Gasteiger partial charge in [-0.15, -0.1) is 22.0 Å². The number of rotatable bonds is 6. The maximum Gasteiger partial charge on any atom is 0.209 e. The van der Waals surface area contributed by atoms with E-state index in [-0.39, 0.29) is 0 Å². The van der Waals surface area contributed by atoms with Crippen LogP contribution in [0.1, 0.15) is 23.6 Å². The average molecular weight is 391 g/mol. The van der Waals surface area contributed by atoms with E-state index in [2.05, 4.69) is 71.7 Å². The number of hydrogen-bond donors (Lipinski definition) is 0. The molecule has 4 aromatic rings. The van der Waals surface area contributed by atoms with E-state index in [1.165, 1.54) is 16.7 Å². The first-order chi connectivity index (χ1) is 13.7. The van der Waals surface area contributed by atoms with Crippen molar-refractivity contribution in [3.63, 3.8) is 0 Å². The maximum atomic E-state index is 4.69. The Balaban J connectivity index is 1.78. The Hall–Kier alpha value is -2.93. The third kappa shape index (κ3) is 3.71. The molecule has 0 aliphatic carbocycles. The zero-order valence-electron chi connectivity index (χ0n) is 16.2. The molecule has 6 nitrogen and oxygen atoms in total. The average Bonchev–Trinajstić information content (AvgIpc) is 3.35. The largest absolute Gasteiger partial charge is 0.226 e. The number of nitrogens with zero attached hydrogens (tertiary/aromatic N) is 6. The molecule has 0 spiro atoms. The molecule has 0 unspecified atom stereocenters. The Kier molecular flexibility index (Phi) is 5.25. The molecule has 0 N–H and O–H groups in total. The molecule has 0 saturated heterocycles. The van der Waals surface area contributed by atoms with Gasteiger partial charge >= 0.3 is 0 Å². The molecule has 0 saturated carbocycles. The summed E-state index contributed by atoms with van der Waals surface area (Å²) in [6.45, 7) is 6.88. The van der Waals surface area contributed by atoms with Gasteiger partial charge in [0.25, 0.3) is 0 Å². The van der Waals surface area contributed by atoms with Crippen molar-refractivity contribution in [2.24, 2.45) is 0 Å². The van der Waals surface area contributed by atoms with Gasteiger partial charge in [-0.3, -0.25) is 0 Å². The van der Waals surface area contributed by atoms with Crippen LogP contribution in [0.5, 0.6) is 0 Å². The van der Waals surface area contributed by atoms with E-state index in [0.717, 1.165) is 22.0 Å². The van der Waals surface area contributed by atoms with Crippen LogP contribution < -0.4 is 0 Å². The molecule has 0 atom stereocenters. The molecule has 0 aliphatic rings. The first kappa shape index (κ1) is 18.4. The van der Waals surface area contributed by atoms with Gasteiger partial charge in [0.2, 0.25) is 5.82 Å². The second-order valence-electron chi connectivity index (χ2n) is 6.64. The van der Waals surface area contributed by atoms with Gasteiger partial charge in [0.15, 0.2) is 0 Å². The van der Waals surface area contributed by atoms with Crippen LogP contribution in [0.25, 0.3) is 17.1 Å². The smallest absolute Gasteiger partial charge is 0.209 e. The zero-order valence-corrected chi connectivity index (χ0v) is 17.0. The Morgan fingerprint density at radius 3 is 2.61 bits per heavy atom. The normalized spacial score (nSPS) is 11.1. The van der Waals surface area contributed by atoms with Gasteiger partial charge in [-0.25, -0.2) is 4.68 Å². The summed E-state index contributed by atoms with van der Waals surface area (Å²) in [7, 11) is 0. The van der Waals surface area contributed by atoms with Gasteiger partial charge in [0.1, 0.15) is 5.03 Å². The maximum absolute atomic E-state index is 4.69. The summed E-state index contributed by atoms with van der Waals surface area (Å²) in [4.78, 5) is 1.59. The van der Waals surface area contributed by atoms with Gasteiger partial charge < -0.3 is 0 Å². The lowest BCUT2D eigenvalue weighted by Gasteiger charge is -2.12. The number of tetrazole rings is 1. The third-order valence-corrected chi connectivity index (χ3v) is 5.66. The van der Waals surface area contributed by atoms with Crippen molar-refractivity contribution >= 4 is 11.8 Å². The molecule has 0 bridgehead atoms. The van der Waals surface area contributed by atoms with E-state index < -0.39 is 0 Å². The Bertz CT molecular complexity index is 1080. The predicted octanol–water partition coefficient (Wildman–Crippen LogP) is 4.45. The molecular formula is C21H22N6S. The van der Waals surface area contributed by atoms with Gasteiger partial charge in [0, 0.05) is 5.75 Å². The summed E-state index contributed by atoms with van der Waals surface area (Å²) in [5, 5.41) is 18.6. The minimum Gasteiger partial charge on any atom is -0.226 e. The highest BCUT2D eigenvalue weighted by Gasteiger charge is 2.19. The number of hydrogen-bond acceptors (Lipinski definition) is 5. The SMILES string of the molecule is CCn1nnc(-c2cnn(-c3cc(C)ccc3C)c2SCc2ccccc2)n1. The van der Waals surface area contributed by atoms with Crippen molar-refractivity contribution in [2.45, 2.75) is 38.1 Å². The second kappa shape index (κ2) is 7.98. The van der Waals surface area contributed by atoms with Crippen LogP contribution in [0.2, 0.25) is 0 Å². The minimum absolute atomic E-state index is 0.606. The highest BCUT2D eigenvalue weighted by molar-refractivity contribution is 7.98. The molecule has 28 heavy (non-hydrogen) atoms. The van der Waals surface area contributed by atoms with Crippen molar-refractivity contribution in [2.75, 3.05) is 0 Å². The number of benzene rings is 2. The Labute approximate surface area is 168 Å². The Morgan fingerprint density at radius 1 is 1.04 bits per heavy atom. The fourth-order valence-electron chi connectivity index (χ4n) is 2.96. The molecule has 2 aromatic heterocycles. The van der Waals surface area contributed by atoms with E-state index in [9.17, 15) is 0 Å². The third-order valence-electron chi connectivity index (χ3n) is 4.51. The van der Waals surface area contributed by atoms with Crippen LogP contribution >= 0.6 is 11.8 Å². The van der Waals surface area contributed by atoms with Gasteiger partial charge in [0.05, 0.1) is 24.0 Å². The monoisotopic (exact) mass is 390 g/mol. The van der Waals surface area contributed by atoms with E-state index in [1.807, 2.05) is 23.9 Å². The number of thioether (sulfide) groups is 1. The van der Waals surface area contributed by atoms with Crippen LogP contribution in [-0.2, 0) is 12.3 Å². The molecule has 0 fully saturated rings. The van der Waals surface area contributed by atoms with Crippen molar-refractivity contribution in [1.29, 1.82) is 0 Å². The van der Waals surface area contributed by atoms with E-state index >= 15 is 0 Å². The highest BCUT2D eigenvalue weighted by atomic mass is 32.2. The van der Waals surface area contributed by atoms with Crippen molar-refractivity contribution in [1.82, 2.24) is 30.0 Å². The summed E-state index contributed by atoms with van der Waals surface area (Å²) in [6, 6.07) is 16.8. The molecule has 4 rings (SSSR count). The summed E-state index contributed by atoms with van der Waals surface area (Å²) in [5.74, 6) is 1.45. The van der Waals surface area contributed by atoms with Gasteiger partial charge in [-0.05, 0) is 48.7 Å². The fraction of sp³-hybridized carbons (Fsp3) is 0.238. The summed E-state index contributed by atoms with van der Waals surface area (Å²) >= 11 is 1.74. The molecule has 7 heteroatoms. The Morgan fingerprint density at radius 2 is 1.86 bits per heavy atom. The van der Waals surface area contributed by atoms with Gasteiger partial charge in [-0.2, -0.15) is 9.90 Å². The number of aromatic nitrogens is 6. The number of aryl methyl sites for hydroxylation is 3.